The van der Waals surface area contributed by atoms with Crippen LogP contribution in [0.5, 0.6) is 0 Å². The van der Waals surface area contributed by atoms with Crippen molar-refractivity contribution in [3.8, 4) is 0 Å². The zero-order chi connectivity index (χ0) is 42.7. The highest BCUT2D eigenvalue weighted by atomic mass is 32.2. The number of nitrogens with zero attached hydrogens (tertiary/aromatic N) is 2. The Bertz CT molecular complexity index is 2660. The summed E-state index contributed by atoms with van der Waals surface area (Å²) in [6.07, 6.45) is 2.28. The molecule has 1 aliphatic carbocycles. The minimum atomic E-state index is -4.76. The third kappa shape index (κ3) is 9.07. The van der Waals surface area contributed by atoms with E-state index in [0.29, 0.717) is 17.0 Å². The number of carboxylic acid groups (broad SMARTS) is 1. The van der Waals surface area contributed by atoms with Gasteiger partial charge in [-0.05, 0) is 82.0 Å². The number of carboxylic acids is 1. The van der Waals surface area contributed by atoms with Crippen molar-refractivity contribution in [3.05, 3.63) is 82.3 Å². The first-order valence-corrected chi connectivity index (χ1v) is 23.4. The maximum atomic E-state index is 14.0. The third-order valence-electron chi connectivity index (χ3n) is 10.3. The third-order valence-corrected chi connectivity index (χ3v) is 13.6. The second kappa shape index (κ2) is 15.1. The molecule has 0 saturated heterocycles. The average molecular weight is 874 g/mol. The van der Waals surface area contributed by atoms with Crippen LogP contribution in [0.15, 0.2) is 80.9 Å². The summed E-state index contributed by atoms with van der Waals surface area (Å²) in [4.78, 5) is 26.8. The smallest absolute Gasteiger partial charge is 0.304 e. The van der Waals surface area contributed by atoms with Crippen LogP contribution in [0, 0.1) is 0 Å². The molecule has 310 valence electrons. The highest BCUT2D eigenvalue weighted by Crippen LogP contribution is 2.52. The fraction of sp³-hybridized carbons (Fsp3) is 0.400. The average Bonchev–Trinajstić information content (AvgIpc) is 3.42. The number of Topliss-reactive ketones (excluding diaryl/α,β-unsaturated/α-hetero) is 1. The van der Waals surface area contributed by atoms with Crippen molar-refractivity contribution in [2.45, 2.75) is 73.5 Å². The lowest BCUT2D eigenvalue weighted by molar-refractivity contribution is -0.438. The summed E-state index contributed by atoms with van der Waals surface area (Å²) in [7, 11) is -18.0. The number of aliphatic hydroxyl groups is 1. The number of allylic oxidation sites excluding steroid dienone is 5. The number of fused-ring (bicyclic) bond motifs is 2. The second-order valence-corrected chi connectivity index (χ2v) is 20.7. The number of aliphatic carboxylic acids is 1. The van der Waals surface area contributed by atoms with Gasteiger partial charge in [-0.15, -0.1) is 0 Å². The highest BCUT2D eigenvalue weighted by Gasteiger charge is 2.49. The Morgan fingerprint density at radius 2 is 1.32 bits per heavy atom. The van der Waals surface area contributed by atoms with E-state index in [2.05, 4.69) is 0 Å². The van der Waals surface area contributed by atoms with E-state index in [1.54, 1.807) is 18.4 Å². The summed E-state index contributed by atoms with van der Waals surface area (Å²) >= 11 is 0. The number of hydrogen-bond donors (Lipinski definition) is 6. The van der Waals surface area contributed by atoms with Gasteiger partial charge in [0.1, 0.15) is 12.3 Å². The predicted octanol–water partition coefficient (Wildman–Crippen LogP) is 3.35. The summed E-state index contributed by atoms with van der Waals surface area (Å²) in [5, 5.41) is 21.5. The standard InChI is InChI=1S/C35H40N2O16S4/c1-34(2)25-16-21(56(48,49)50)8-10-27(25)36(12-4-6-14-54(42,43)44)29(34)18-23-32(40)24(33(23)41)19-30-35(3,20-31(38)39)26-17-22(57(51,52)53)9-11-28(26)37(30)13-5-7-15-55(45,46)47/h8-11,16-19H,4-7,12-15,20H2,1-3H3,(H5-,38,39,40,41,42,43,44,45,46,47,48,49,50,51,52,53)/p+1. The van der Waals surface area contributed by atoms with Gasteiger partial charge in [0.05, 0.1) is 44.3 Å². The monoisotopic (exact) mass is 873 g/mol. The van der Waals surface area contributed by atoms with Gasteiger partial charge in [0.25, 0.3) is 40.5 Å². The summed E-state index contributed by atoms with van der Waals surface area (Å²) in [6, 6.07) is 7.36. The maximum Gasteiger partial charge on any atom is 0.304 e. The molecule has 5 rings (SSSR count). The zero-order valence-corrected chi connectivity index (χ0v) is 34.0. The number of anilines is 1. The first-order valence-electron chi connectivity index (χ1n) is 17.3. The molecular formula is C35H41N2O16S4+. The van der Waals surface area contributed by atoms with Gasteiger partial charge < -0.3 is 15.1 Å². The van der Waals surface area contributed by atoms with Gasteiger partial charge in [-0.2, -0.15) is 38.2 Å². The number of aliphatic hydroxyl groups excluding tert-OH is 1. The molecule has 22 heteroatoms. The molecule has 57 heavy (non-hydrogen) atoms. The normalized spacial score (nSPS) is 21.0. The lowest BCUT2D eigenvalue weighted by Gasteiger charge is -2.31. The first kappa shape index (κ1) is 43.8. The molecule has 0 saturated carbocycles. The van der Waals surface area contributed by atoms with Crippen LogP contribution in [-0.4, -0.2) is 109 Å². The summed E-state index contributed by atoms with van der Waals surface area (Å²) < 4.78 is 133. The molecule has 18 nitrogen and oxygen atoms in total. The van der Waals surface area contributed by atoms with E-state index in [9.17, 15) is 71.7 Å². The molecule has 0 amide bonds. The Balaban J connectivity index is 1.64. The van der Waals surface area contributed by atoms with Crippen molar-refractivity contribution in [2.24, 2.45) is 0 Å². The maximum absolute atomic E-state index is 14.0. The summed E-state index contributed by atoms with van der Waals surface area (Å²) in [5.41, 5.74) is -1.32. The van der Waals surface area contributed by atoms with Crippen molar-refractivity contribution >= 4 is 69.3 Å². The topological polar surface area (TPSA) is 298 Å². The second-order valence-electron chi connectivity index (χ2n) is 14.7. The molecule has 2 aromatic rings. The van der Waals surface area contributed by atoms with E-state index in [1.807, 2.05) is 0 Å². The number of ketones is 1. The molecule has 0 fully saturated rings. The van der Waals surface area contributed by atoms with Crippen molar-refractivity contribution in [1.29, 1.82) is 0 Å². The fourth-order valence-electron chi connectivity index (χ4n) is 7.49. The lowest BCUT2D eigenvalue weighted by Crippen LogP contribution is -2.34. The Morgan fingerprint density at radius 1 is 0.772 bits per heavy atom. The fourth-order valence-corrected chi connectivity index (χ4v) is 9.65. The van der Waals surface area contributed by atoms with Gasteiger partial charge in [-0.3, -0.25) is 27.8 Å². The van der Waals surface area contributed by atoms with Crippen LogP contribution in [0.1, 0.15) is 64.0 Å². The molecule has 3 aliphatic rings. The number of carbonyl (C=O) groups excluding carboxylic acids is 1. The molecule has 2 aliphatic heterocycles. The Labute approximate surface area is 329 Å². The molecule has 0 bridgehead atoms. The number of rotatable bonds is 16. The van der Waals surface area contributed by atoms with Crippen molar-refractivity contribution in [3.63, 3.8) is 0 Å². The van der Waals surface area contributed by atoms with Gasteiger partial charge >= 0.3 is 5.97 Å². The van der Waals surface area contributed by atoms with E-state index in [0.717, 1.165) is 12.1 Å². The summed E-state index contributed by atoms with van der Waals surface area (Å²) in [5.74, 6) is -3.67. The number of unbranched alkanes of at least 4 members (excludes halogenated alkanes) is 2. The first-order chi connectivity index (χ1) is 26.1. The number of benzene rings is 2. The molecule has 6 N–H and O–H groups in total. The van der Waals surface area contributed by atoms with Crippen molar-refractivity contribution < 1.29 is 76.3 Å². The van der Waals surface area contributed by atoms with E-state index in [1.165, 1.54) is 48.2 Å². The molecular weight excluding hydrogens is 833 g/mol. The van der Waals surface area contributed by atoms with Gasteiger partial charge in [0.2, 0.25) is 11.5 Å². The number of carbonyl (C=O) groups is 2. The van der Waals surface area contributed by atoms with Gasteiger partial charge in [0, 0.05) is 47.5 Å². The SMILES string of the molecule is CC1(C)C(/C=C2/C(=O)C(/C=C3\N(CCCCS(=O)(=O)O)c4ccc(S(=O)(=O)O)cc4C3(C)CC(=O)O)=C2O)=[N+](CCCCS(=O)(=O)O)c2ccc(S(=O)(=O)O)cc21. The van der Waals surface area contributed by atoms with Gasteiger partial charge in [-0.1, -0.05) is 0 Å². The molecule has 2 aromatic carbocycles. The molecule has 0 aromatic heterocycles. The van der Waals surface area contributed by atoms with E-state index in [4.69, 9.17) is 0 Å². The molecule has 0 radical (unpaired) electrons. The Morgan fingerprint density at radius 3 is 1.84 bits per heavy atom. The highest BCUT2D eigenvalue weighted by molar-refractivity contribution is 7.86. The van der Waals surface area contributed by atoms with E-state index >= 15 is 0 Å². The lowest BCUT2D eigenvalue weighted by atomic mass is 9.76. The van der Waals surface area contributed by atoms with Gasteiger partial charge in [-0.25, -0.2) is 0 Å². The molecule has 2 heterocycles. The van der Waals surface area contributed by atoms with E-state index in [-0.39, 0.29) is 66.9 Å². The van der Waals surface area contributed by atoms with Crippen LogP contribution in [0.2, 0.25) is 0 Å². The summed E-state index contributed by atoms with van der Waals surface area (Å²) in [6.45, 7) is 4.97. The van der Waals surface area contributed by atoms with Gasteiger partial charge in [0.15, 0.2) is 5.71 Å². The quantitative estimate of drug-likeness (QED) is 0.0610. The molecule has 0 spiro atoms. The van der Waals surface area contributed by atoms with Crippen LogP contribution >= 0.6 is 0 Å². The number of hydrogen-bond acceptors (Lipinski definition) is 12. The minimum Gasteiger partial charge on any atom is -0.506 e. The van der Waals surface area contributed by atoms with E-state index < -0.39 is 96.5 Å². The minimum absolute atomic E-state index is 0.0117. The molecule has 1 atom stereocenters. The zero-order valence-electron chi connectivity index (χ0n) is 30.8. The Hall–Kier alpha value is -4.29. The van der Waals surface area contributed by atoms with Crippen molar-refractivity contribution in [1.82, 2.24) is 0 Å². The van der Waals surface area contributed by atoms with Crippen LogP contribution in [0.3, 0.4) is 0 Å². The van der Waals surface area contributed by atoms with Crippen LogP contribution in [-0.2, 0) is 60.9 Å². The van der Waals surface area contributed by atoms with Crippen LogP contribution < -0.4 is 4.90 Å². The van der Waals surface area contributed by atoms with Crippen LogP contribution in [0.25, 0.3) is 0 Å². The Kier molecular flexibility index (Phi) is 11.6. The largest absolute Gasteiger partial charge is 0.506 e. The van der Waals surface area contributed by atoms with Crippen molar-refractivity contribution in [2.75, 3.05) is 29.5 Å². The van der Waals surface area contributed by atoms with Crippen LogP contribution in [0.4, 0.5) is 11.4 Å². The predicted molar refractivity (Wildman–Crippen MR) is 204 cm³/mol. The molecule has 1 unspecified atom stereocenters.